The van der Waals surface area contributed by atoms with Gasteiger partial charge in [-0.1, -0.05) is 6.08 Å². The molecular formula is C10H17N5. The number of aromatic nitrogens is 2. The Kier molecular flexibility index (Phi) is 3.49. The van der Waals surface area contributed by atoms with Crippen molar-refractivity contribution in [3.63, 3.8) is 0 Å². The van der Waals surface area contributed by atoms with E-state index in [1.54, 1.807) is 12.4 Å². The predicted molar refractivity (Wildman–Crippen MR) is 62.8 cm³/mol. The van der Waals surface area contributed by atoms with Crippen LogP contribution in [0.4, 0.5) is 5.82 Å². The van der Waals surface area contributed by atoms with Crippen molar-refractivity contribution in [2.24, 2.45) is 16.5 Å². The molecule has 5 nitrogen and oxygen atoms in total. The second-order valence-corrected chi connectivity index (χ2v) is 3.44. The fourth-order valence-electron chi connectivity index (χ4n) is 1.27. The van der Waals surface area contributed by atoms with E-state index >= 15 is 0 Å². The van der Waals surface area contributed by atoms with E-state index < -0.39 is 0 Å². The fourth-order valence-corrected chi connectivity index (χ4v) is 1.27. The lowest BCUT2D eigenvalue weighted by Crippen LogP contribution is -2.01. The molecule has 0 unspecified atom stereocenters. The van der Waals surface area contributed by atoms with Crippen LogP contribution < -0.4 is 11.5 Å². The Bertz CT molecular complexity index is 387. The van der Waals surface area contributed by atoms with Crippen molar-refractivity contribution >= 4 is 17.9 Å². The molecule has 0 amide bonds. The molecule has 15 heavy (non-hydrogen) atoms. The lowest BCUT2D eigenvalue weighted by Gasteiger charge is -2.09. The summed E-state index contributed by atoms with van der Waals surface area (Å²) in [5.74, 6) is 0.697. The van der Waals surface area contributed by atoms with Crippen LogP contribution in [0.5, 0.6) is 0 Å². The quantitative estimate of drug-likeness (QED) is 0.580. The first kappa shape index (κ1) is 11.3. The summed E-state index contributed by atoms with van der Waals surface area (Å²) in [5.41, 5.74) is 12.4. The lowest BCUT2D eigenvalue weighted by atomic mass is 10.3. The highest BCUT2D eigenvalue weighted by Crippen LogP contribution is 2.25. The molecule has 1 aromatic heterocycles. The Morgan fingerprint density at radius 3 is 2.73 bits per heavy atom. The van der Waals surface area contributed by atoms with Crippen LogP contribution in [-0.2, 0) is 0 Å². The molecule has 0 saturated heterocycles. The van der Waals surface area contributed by atoms with E-state index in [0.29, 0.717) is 17.2 Å². The average molecular weight is 207 g/mol. The van der Waals surface area contributed by atoms with Crippen LogP contribution in [-0.4, -0.2) is 15.9 Å². The lowest BCUT2D eigenvalue weighted by molar-refractivity contribution is 0.603. The van der Waals surface area contributed by atoms with Crippen LogP contribution in [0.15, 0.2) is 17.4 Å². The Morgan fingerprint density at radius 2 is 2.27 bits per heavy atom. The van der Waals surface area contributed by atoms with Crippen molar-refractivity contribution in [1.82, 2.24) is 9.55 Å². The standard InChI is InChI=1S/C10H17N5/c1-4-8(12)9-10(13-5-11)15(6-14-9)7(2)3/h4-7H,12H2,1-3H3,(H2,11,13)/b8-4+. The number of nitrogens with two attached hydrogens (primary N) is 2. The van der Waals surface area contributed by atoms with Gasteiger partial charge in [0.1, 0.15) is 5.69 Å². The highest BCUT2D eigenvalue weighted by Gasteiger charge is 2.13. The van der Waals surface area contributed by atoms with Crippen molar-refractivity contribution in [2.75, 3.05) is 0 Å². The van der Waals surface area contributed by atoms with Gasteiger partial charge in [0, 0.05) is 6.04 Å². The van der Waals surface area contributed by atoms with Gasteiger partial charge in [0.25, 0.3) is 0 Å². The summed E-state index contributed by atoms with van der Waals surface area (Å²) in [6.07, 6.45) is 4.77. The zero-order valence-corrected chi connectivity index (χ0v) is 9.31. The van der Waals surface area contributed by atoms with Gasteiger partial charge >= 0.3 is 0 Å². The number of rotatable bonds is 3. The Labute approximate surface area is 89.5 Å². The molecule has 5 heteroatoms. The molecule has 1 rings (SSSR count). The molecule has 0 spiro atoms. The summed E-state index contributed by atoms with van der Waals surface area (Å²) in [6.45, 7) is 5.96. The van der Waals surface area contributed by atoms with E-state index in [1.807, 2.05) is 25.3 Å². The summed E-state index contributed by atoms with van der Waals surface area (Å²) in [7, 11) is 0. The molecule has 0 aliphatic heterocycles. The normalized spacial score (nSPS) is 12.9. The summed E-state index contributed by atoms with van der Waals surface area (Å²) >= 11 is 0. The first-order valence-corrected chi connectivity index (χ1v) is 4.85. The maximum absolute atomic E-state index is 5.81. The first-order chi connectivity index (χ1) is 7.11. The molecule has 0 atom stereocenters. The third kappa shape index (κ3) is 2.18. The van der Waals surface area contributed by atoms with E-state index in [1.165, 1.54) is 6.34 Å². The molecule has 0 bridgehead atoms. The number of hydrogen-bond donors (Lipinski definition) is 2. The topological polar surface area (TPSA) is 82.2 Å². The van der Waals surface area contributed by atoms with Crippen molar-refractivity contribution < 1.29 is 0 Å². The Morgan fingerprint density at radius 1 is 1.60 bits per heavy atom. The van der Waals surface area contributed by atoms with Crippen molar-refractivity contribution in [2.45, 2.75) is 26.8 Å². The molecule has 0 saturated carbocycles. The largest absolute Gasteiger partial charge is 0.397 e. The van der Waals surface area contributed by atoms with Crippen LogP contribution in [0, 0.1) is 0 Å². The number of aliphatic imine (C=N–C) groups is 1. The third-order valence-corrected chi connectivity index (χ3v) is 2.11. The van der Waals surface area contributed by atoms with Crippen LogP contribution in [0.25, 0.3) is 5.70 Å². The molecule has 82 valence electrons. The zero-order valence-electron chi connectivity index (χ0n) is 9.31. The van der Waals surface area contributed by atoms with Crippen molar-refractivity contribution in [3.05, 3.63) is 18.1 Å². The molecule has 1 heterocycles. The Balaban J connectivity index is 3.30. The van der Waals surface area contributed by atoms with Gasteiger partial charge in [-0.3, -0.25) is 0 Å². The number of allylic oxidation sites excluding steroid dienone is 1. The number of nitrogens with zero attached hydrogens (tertiary/aromatic N) is 3. The van der Waals surface area contributed by atoms with Crippen LogP contribution >= 0.6 is 0 Å². The second-order valence-electron chi connectivity index (χ2n) is 3.44. The highest BCUT2D eigenvalue weighted by molar-refractivity contribution is 5.70. The molecule has 0 radical (unpaired) electrons. The SMILES string of the molecule is C/C=C(/N)c1ncn(C(C)C)c1/N=C\N. The highest BCUT2D eigenvalue weighted by atomic mass is 15.2. The van der Waals surface area contributed by atoms with Crippen molar-refractivity contribution in [3.8, 4) is 0 Å². The summed E-state index contributed by atoms with van der Waals surface area (Å²) in [4.78, 5) is 8.32. The van der Waals surface area contributed by atoms with E-state index in [-0.39, 0.29) is 6.04 Å². The van der Waals surface area contributed by atoms with Crippen LogP contribution in [0.2, 0.25) is 0 Å². The fraction of sp³-hybridized carbons (Fsp3) is 0.400. The van der Waals surface area contributed by atoms with Gasteiger partial charge in [0.05, 0.1) is 18.4 Å². The third-order valence-electron chi connectivity index (χ3n) is 2.11. The van der Waals surface area contributed by atoms with E-state index in [2.05, 4.69) is 9.98 Å². The summed E-state index contributed by atoms with van der Waals surface area (Å²) in [5, 5.41) is 0. The van der Waals surface area contributed by atoms with Crippen LogP contribution in [0.3, 0.4) is 0 Å². The van der Waals surface area contributed by atoms with Gasteiger partial charge in [-0.2, -0.15) is 0 Å². The minimum Gasteiger partial charge on any atom is -0.397 e. The van der Waals surface area contributed by atoms with Gasteiger partial charge in [-0.05, 0) is 20.8 Å². The molecule has 4 N–H and O–H groups in total. The molecule has 1 aromatic rings. The number of hydrogen-bond acceptors (Lipinski definition) is 3. The summed E-state index contributed by atoms with van der Waals surface area (Å²) in [6, 6.07) is 0.273. The minimum atomic E-state index is 0.273. The van der Waals surface area contributed by atoms with E-state index in [9.17, 15) is 0 Å². The zero-order chi connectivity index (χ0) is 11.4. The Hall–Kier alpha value is -1.78. The smallest absolute Gasteiger partial charge is 0.163 e. The molecule has 0 aromatic carbocycles. The van der Waals surface area contributed by atoms with Crippen molar-refractivity contribution in [1.29, 1.82) is 0 Å². The van der Waals surface area contributed by atoms with Gasteiger partial charge in [0.2, 0.25) is 0 Å². The maximum Gasteiger partial charge on any atom is 0.163 e. The monoisotopic (exact) mass is 207 g/mol. The van der Waals surface area contributed by atoms with Gasteiger partial charge in [-0.25, -0.2) is 9.98 Å². The van der Waals surface area contributed by atoms with Crippen LogP contribution in [0.1, 0.15) is 32.5 Å². The predicted octanol–water partition coefficient (Wildman–Crippen LogP) is 1.40. The first-order valence-electron chi connectivity index (χ1n) is 4.85. The second kappa shape index (κ2) is 4.63. The molecular weight excluding hydrogens is 190 g/mol. The van der Waals surface area contributed by atoms with Gasteiger partial charge < -0.3 is 16.0 Å². The summed E-state index contributed by atoms with van der Waals surface area (Å²) < 4.78 is 1.93. The van der Waals surface area contributed by atoms with Gasteiger partial charge in [0.15, 0.2) is 5.82 Å². The molecule has 0 fully saturated rings. The van der Waals surface area contributed by atoms with E-state index in [0.717, 1.165) is 0 Å². The van der Waals surface area contributed by atoms with Gasteiger partial charge in [-0.15, -0.1) is 0 Å². The maximum atomic E-state index is 5.81. The van der Waals surface area contributed by atoms with E-state index in [4.69, 9.17) is 11.5 Å². The average Bonchev–Trinajstić information content (AvgIpc) is 2.61. The number of imidazole rings is 1. The molecule has 0 aliphatic rings. The minimum absolute atomic E-state index is 0.273. The molecule has 0 aliphatic carbocycles.